The number of ether oxygens (including phenoxy) is 1. The Labute approximate surface area is 68.6 Å². The molecule has 2 atom stereocenters. The zero-order valence-electron chi connectivity index (χ0n) is 7.47. The van der Waals surface area contributed by atoms with E-state index in [-0.39, 0.29) is 0 Å². The molecule has 0 spiro atoms. The highest BCUT2D eigenvalue weighted by Gasteiger charge is 2.33. The van der Waals surface area contributed by atoms with E-state index in [0.29, 0.717) is 5.92 Å². The van der Waals surface area contributed by atoms with Crippen LogP contribution in [-0.2, 0) is 4.74 Å². The van der Waals surface area contributed by atoms with Crippen LogP contribution in [0.2, 0.25) is 0 Å². The number of hydrogen-bond acceptors (Lipinski definition) is 2. The second kappa shape index (κ2) is 3.55. The van der Waals surface area contributed by atoms with E-state index >= 15 is 0 Å². The Hall–Kier alpha value is -0.0800. The minimum absolute atomic E-state index is 0.363. The number of rotatable bonds is 3. The Morgan fingerprint density at radius 3 is 2.82 bits per heavy atom. The minimum Gasteiger partial charge on any atom is -0.390 e. The van der Waals surface area contributed by atoms with Crippen molar-refractivity contribution in [3.05, 3.63) is 0 Å². The van der Waals surface area contributed by atoms with Gasteiger partial charge in [0.05, 0.1) is 12.2 Å². The molecule has 0 aromatic carbocycles. The van der Waals surface area contributed by atoms with Gasteiger partial charge in [-0.25, -0.2) is 0 Å². The summed E-state index contributed by atoms with van der Waals surface area (Å²) in [5, 5.41) is 9.93. The van der Waals surface area contributed by atoms with Crippen LogP contribution in [0.5, 0.6) is 0 Å². The summed E-state index contributed by atoms with van der Waals surface area (Å²) in [7, 11) is 0. The Balaban J connectivity index is 2.41. The highest BCUT2D eigenvalue weighted by molar-refractivity contribution is 4.83. The minimum atomic E-state index is -0.495. The fourth-order valence-electron chi connectivity index (χ4n) is 1.74. The van der Waals surface area contributed by atoms with Crippen LogP contribution in [0, 0.1) is 5.92 Å². The van der Waals surface area contributed by atoms with Crippen LogP contribution in [0.1, 0.15) is 33.1 Å². The molecule has 0 aromatic heterocycles. The van der Waals surface area contributed by atoms with Crippen molar-refractivity contribution in [2.45, 2.75) is 38.7 Å². The lowest BCUT2D eigenvalue weighted by atomic mass is 9.85. The van der Waals surface area contributed by atoms with E-state index < -0.39 is 5.60 Å². The smallest absolute Gasteiger partial charge is 0.0670 e. The quantitative estimate of drug-likeness (QED) is 0.675. The van der Waals surface area contributed by atoms with Crippen molar-refractivity contribution in [2.75, 3.05) is 13.2 Å². The Bertz CT molecular complexity index is 115. The molecule has 1 aliphatic heterocycles. The summed E-state index contributed by atoms with van der Waals surface area (Å²) in [6.45, 7) is 5.59. The van der Waals surface area contributed by atoms with E-state index in [2.05, 4.69) is 6.92 Å². The number of hydrogen-bond donors (Lipinski definition) is 1. The average molecular weight is 158 g/mol. The van der Waals surface area contributed by atoms with Crippen molar-refractivity contribution >= 4 is 0 Å². The van der Waals surface area contributed by atoms with Gasteiger partial charge in [-0.05, 0) is 19.8 Å². The van der Waals surface area contributed by atoms with Crippen molar-refractivity contribution in [3.8, 4) is 0 Å². The molecule has 2 nitrogen and oxygen atoms in total. The molecule has 1 saturated heterocycles. The third kappa shape index (κ3) is 2.17. The first kappa shape index (κ1) is 9.01. The topological polar surface area (TPSA) is 29.5 Å². The molecular weight excluding hydrogens is 140 g/mol. The van der Waals surface area contributed by atoms with Gasteiger partial charge in [0, 0.05) is 12.5 Å². The molecule has 2 unspecified atom stereocenters. The van der Waals surface area contributed by atoms with Crippen molar-refractivity contribution in [1.82, 2.24) is 0 Å². The lowest BCUT2D eigenvalue weighted by Crippen LogP contribution is -2.34. The highest BCUT2D eigenvalue weighted by Crippen LogP contribution is 2.29. The van der Waals surface area contributed by atoms with Gasteiger partial charge in [0.25, 0.3) is 0 Å². The van der Waals surface area contributed by atoms with Crippen LogP contribution in [0.25, 0.3) is 0 Å². The van der Waals surface area contributed by atoms with E-state index in [9.17, 15) is 5.11 Å². The Kier molecular flexibility index (Phi) is 2.90. The van der Waals surface area contributed by atoms with Crippen LogP contribution in [0.3, 0.4) is 0 Å². The summed E-state index contributed by atoms with van der Waals surface area (Å²) in [4.78, 5) is 0. The van der Waals surface area contributed by atoms with Gasteiger partial charge in [0.1, 0.15) is 0 Å². The maximum atomic E-state index is 9.93. The maximum absolute atomic E-state index is 9.93. The molecule has 1 aliphatic rings. The molecule has 11 heavy (non-hydrogen) atoms. The highest BCUT2D eigenvalue weighted by atomic mass is 16.5. The largest absolute Gasteiger partial charge is 0.390 e. The van der Waals surface area contributed by atoms with Crippen LogP contribution in [0.15, 0.2) is 0 Å². The summed E-state index contributed by atoms with van der Waals surface area (Å²) in [5.41, 5.74) is -0.495. The normalized spacial score (nSPS) is 30.3. The molecule has 0 radical (unpaired) electrons. The molecule has 66 valence electrons. The van der Waals surface area contributed by atoms with Crippen LogP contribution in [0.4, 0.5) is 0 Å². The van der Waals surface area contributed by atoms with E-state index in [0.717, 1.165) is 32.5 Å². The monoisotopic (exact) mass is 158 g/mol. The molecule has 0 saturated carbocycles. The molecule has 0 aromatic rings. The zero-order chi connectivity index (χ0) is 8.32. The van der Waals surface area contributed by atoms with E-state index in [1.165, 1.54) is 0 Å². The molecule has 1 heterocycles. The first-order valence-corrected chi connectivity index (χ1v) is 4.47. The number of aliphatic hydroxyl groups is 1. The Morgan fingerprint density at radius 1 is 1.64 bits per heavy atom. The summed E-state index contributed by atoms with van der Waals surface area (Å²) in [6, 6.07) is 0. The van der Waals surface area contributed by atoms with Crippen LogP contribution < -0.4 is 0 Å². The van der Waals surface area contributed by atoms with Gasteiger partial charge in [-0.3, -0.25) is 0 Å². The summed E-state index contributed by atoms with van der Waals surface area (Å²) < 4.78 is 5.23. The van der Waals surface area contributed by atoms with Crippen molar-refractivity contribution in [1.29, 1.82) is 0 Å². The van der Waals surface area contributed by atoms with E-state index in [1.54, 1.807) is 0 Å². The molecule has 0 bridgehead atoms. The van der Waals surface area contributed by atoms with Gasteiger partial charge in [0.15, 0.2) is 0 Å². The molecule has 2 heteroatoms. The molecule has 0 aliphatic carbocycles. The fourth-order valence-corrected chi connectivity index (χ4v) is 1.74. The Morgan fingerprint density at radius 2 is 2.36 bits per heavy atom. The van der Waals surface area contributed by atoms with E-state index in [1.807, 2.05) is 6.92 Å². The molecule has 1 rings (SSSR count). The van der Waals surface area contributed by atoms with Crippen molar-refractivity contribution < 1.29 is 9.84 Å². The lowest BCUT2D eigenvalue weighted by molar-refractivity contribution is -0.0127. The van der Waals surface area contributed by atoms with Gasteiger partial charge in [-0.15, -0.1) is 0 Å². The average Bonchev–Trinajstić information content (AvgIpc) is 2.37. The summed E-state index contributed by atoms with van der Waals surface area (Å²) in [6.07, 6.45) is 2.96. The standard InChI is InChI=1S/C9H18O2/c1-3-5-9(2,10)8-4-6-11-7-8/h8,10H,3-7H2,1-2H3. The van der Waals surface area contributed by atoms with Gasteiger partial charge >= 0.3 is 0 Å². The first-order valence-electron chi connectivity index (χ1n) is 4.47. The second-order valence-electron chi connectivity index (χ2n) is 3.67. The second-order valence-corrected chi connectivity index (χ2v) is 3.67. The van der Waals surface area contributed by atoms with Crippen molar-refractivity contribution in [3.63, 3.8) is 0 Å². The third-order valence-electron chi connectivity index (χ3n) is 2.57. The zero-order valence-corrected chi connectivity index (χ0v) is 7.47. The molecule has 1 fully saturated rings. The third-order valence-corrected chi connectivity index (χ3v) is 2.57. The van der Waals surface area contributed by atoms with Gasteiger partial charge in [-0.1, -0.05) is 13.3 Å². The maximum Gasteiger partial charge on any atom is 0.0670 e. The molecule has 1 N–H and O–H groups in total. The van der Waals surface area contributed by atoms with Crippen molar-refractivity contribution in [2.24, 2.45) is 5.92 Å². The predicted octanol–water partition coefficient (Wildman–Crippen LogP) is 1.57. The first-order chi connectivity index (χ1) is 5.17. The van der Waals surface area contributed by atoms with Crippen LogP contribution in [-0.4, -0.2) is 23.9 Å². The predicted molar refractivity (Wildman–Crippen MR) is 44.5 cm³/mol. The van der Waals surface area contributed by atoms with Gasteiger partial charge in [-0.2, -0.15) is 0 Å². The molecular formula is C9H18O2. The summed E-state index contributed by atoms with van der Waals surface area (Å²) in [5.74, 6) is 0.363. The van der Waals surface area contributed by atoms with Gasteiger partial charge < -0.3 is 9.84 Å². The van der Waals surface area contributed by atoms with E-state index in [4.69, 9.17) is 4.74 Å². The summed E-state index contributed by atoms with van der Waals surface area (Å²) >= 11 is 0. The van der Waals surface area contributed by atoms with Crippen LogP contribution >= 0.6 is 0 Å². The fraction of sp³-hybridized carbons (Fsp3) is 1.00. The SMILES string of the molecule is CCCC(C)(O)C1CCOC1. The van der Waals surface area contributed by atoms with Gasteiger partial charge in [0.2, 0.25) is 0 Å². The molecule has 0 amide bonds. The lowest BCUT2D eigenvalue weighted by Gasteiger charge is -2.28.